The molecule has 0 aliphatic rings. The van der Waals surface area contributed by atoms with Gasteiger partial charge in [-0.1, -0.05) is 18.2 Å². The van der Waals surface area contributed by atoms with E-state index in [-0.39, 0.29) is 17.1 Å². The second kappa shape index (κ2) is 4.37. The molecule has 0 aromatic heterocycles. The molecule has 86 valence electrons. The van der Waals surface area contributed by atoms with Crippen molar-refractivity contribution in [3.05, 3.63) is 53.3 Å². The van der Waals surface area contributed by atoms with E-state index >= 15 is 0 Å². The maximum absolute atomic E-state index is 13.7. The van der Waals surface area contributed by atoms with Crippen LogP contribution in [0.2, 0.25) is 0 Å². The monoisotopic (exact) mass is 230 g/mol. The number of benzene rings is 2. The van der Waals surface area contributed by atoms with E-state index in [1.165, 1.54) is 18.2 Å². The van der Waals surface area contributed by atoms with E-state index in [2.05, 4.69) is 0 Å². The van der Waals surface area contributed by atoms with Crippen LogP contribution in [0.3, 0.4) is 0 Å². The number of carbonyl (C=O) groups excluding carboxylic acids is 1. The molecule has 2 aromatic rings. The van der Waals surface area contributed by atoms with Crippen LogP contribution in [-0.4, -0.2) is 11.4 Å². The highest BCUT2D eigenvalue weighted by Gasteiger charge is 2.07. The summed E-state index contributed by atoms with van der Waals surface area (Å²) >= 11 is 0. The fourth-order valence-electron chi connectivity index (χ4n) is 1.67. The molecule has 0 radical (unpaired) electrons. The predicted molar refractivity (Wildman–Crippen MR) is 63.6 cm³/mol. The molecule has 0 heterocycles. The standard InChI is InChI=1S/C14H11FO2/c1-9-2-5-12(13(15)6-9)10-3-4-11(8-16)14(17)7-10/h2-8,17H,1H3. The molecule has 2 rings (SSSR count). The van der Waals surface area contributed by atoms with E-state index in [0.717, 1.165) is 5.56 Å². The molecule has 0 atom stereocenters. The number of aldehydes is 1. The maximum atomic E-state index is 13.7. The van der Waals surface area contributed by atoms with Crippen molar-refractivity contribution in [2.24, 2.45) is 0 Å². The first-order chi connectivity index (χ1) is 8.11. The van der Waals surface area contributed by atoms with Crippen LogP contribution in [-0.2, 0) is 0 Å². The number of hydrogen-bond donors (Lipinski definition) is 1. The number of carbonyl (C=O) groups is 1. The summed E-state index contributed by atoms with van der Waals surface area (Å²) in [5.74, 6) is -0.485. The number of rotatable bonds is 2. The van der Waals surface area contributed by atoms with Gasteiger partial charge in [-0.05, 0) is 36.2 Å². The number of phenolic OH excluding ortho intramolecular Hbond substituents is 1. The summed E-state index contributed by atoms with van der Waals surface area (Å²) < 4.78 is 13.7. The maximum Gasteiger partial charge on any atom is 0.153 e. The summed E-state index contributed by atoms with van der Waals surface area (Å²) in [6, 6.07) is 9.34. The van der Waals surface area contributed by atoms with Gasteiger partial charge in [-0.2, -0.15) is 0 Å². The largest absolute Gasteiger partial charge is 0.507 e. The van der Waals surface area contributed by atoms with E-state index in [4.69, 9.17) is 0 Å². The van der Waals surface area contributed by atoms with Crippen LogP contribution < -0.4 is 0 Å². The fourth-order valence-corrected chi connectivity index (χ4v) is 1.67. The van der Waals surface area contributed by atoms with Gasteiger partial charge in [0.2, 0.25) is 0 Å². The lowest BCUT2D eigenvalue weighted by atomic mass is 10.0. The van der Waals surface area contributed by atoms with Crippen LogP contribution in [0.4, 0.5) is 4.39 Å². The molecule has 17 heavy (non-hydrogen) atoms. The zero-order valence-corrected chi connectivity index (χ0v) is 9.27. The van der Waals surface area contributed by atoms with Crippen molar-refractivity contribution >= 4 is 6.29 Å². The Labute approximate surface area is 98.3 Å². The van der Waals surface area contributed by atoms with Crippen molar-refractivity contribution in [2.75, 3.05) is 0 Å². The third-order valence-electron chi connectivity index (χ3n) is 2.59. The molecule has 1 N–H and O–H groups in total. The molecule has 0 saturated heterocycles. The van der Waals surface area contributed by atoms with Crippen LogP contribution in [0.25, 0.3) is 11.1 Å². The Morgan fingerprint density at radius 2 is 1.94 bits per heavy atom. The molecule has 0 amide bonds. The zero-order chi connectivity index (χ0) is 12.4. The highest BCUT2D eigenvalue weighted by Crippen LogP contribution is 2.28. The van der Waals surface area contributed by atoms with Crippen molar-refractivity contribution in [1.29, 1.82) is 0 Å². The fraction of sp³-hybridized carbons (Fsp3) is 0.0714. The van der Waals surface area contributed by atoms with Crippen LogP contribution in [0.1, 0.15) is 15.9 Å². The number of aromatic hydroxyl groups is 1. The molecule has 0 spiro atoms. The first kappa shape index (κ1) is 11.3. The molecular weight excluding hydrogens is 219 g/mol. The minimum atomic E-state index is -0.344. The number of aryl methyl sites for hydroxylation is 1. The van der Waals surface area contributed by atoms with Gasteiger partial charge in [0, 0.05) is 5.56 Å². The molecular formula is C14H11FO2. The average molecular weight is 230 g/mol. The highest BCUT2D eigenvalue weighted by molar-refractivity contribution is 5.81. The average Bonchev–Trinajstić information content (AvgIpc) is 2.29. The van der Waals surface area contributed by atoms with Gasteiger partial charge in [-0.15, -0.1) is 0 Å². The Morgan fingerprint density at radius 1 is 1.18 bits per heavy atom. The highest BCUT2D eigenvalue weighted by atomic mass is 19.1. The second-order valence-electron chi connectivity index (χ2n) is 3.87. The minimum absolute atomic E-state index is 0.141. The lowest BCUT2D eigenvalue weighted by Gasteiger charge is -2.06. The Kier molecular flexibility index (Phi) is 2.91. The van der Waals surface area contributed by atoms with Crippen LogP contribution in [0.15, 0.2) is 36.4 Å². The number of hydrogen-bond acceptors (Lipinski definition) is 2. The number of halogens is 1. The van der Waals surface area contributed by atoms with Gasteiger partial charge in [0.1, 0.15) is 11.6 Å². The Hall–Kier alpha value is -2.16. The van der Waals surface area contributed by atoms with Gasteiger partial charge >= 0.3 is 0 Å². The van der Waals surface area contributed by atoms with Crippen molar-refractivity contribution in [3.8, 4) is 16.9 Å². The Bertz CT molecular complexity index is 576. The van der Waals surface area contributed by atoms with E-state index in [1.54, 1.807) is 25.1 Å². The third kappa shape index (κ3) is 2.18. The molecule has 0 aliphatic heterocycles. The second-order valence-corrected chi connectivity index (χ2v) is 3.87. The van der Waals surface area contributed by atoms with Crippen molar-refractivity contribution in [1.82, 2.24) is 0 Å². The van der Waals surface area contributed by atoms with Gasteiger partial charge in [0.15, 0.2) is 6.29 Å². The van der Waals surface area contributed by atoms with Crippen molar-refractivity contribution in [3.63, 3.8) is 0 Å². The minimum Gasteiger partial charge on any atom is -0.507 e. The molecule has 2 aromatic carbocycles. The van der Waals surface area contributed by atoms with E-state index in [0.29, 0.717) is 17.4 Å². The predicted octanol–water partition coefficient (Wildman–Crippen LogP) is 3.32. The van der Waals surface area contributed by atoms with Gasteiger partial charge in [-0.25, -0.2) is 4.39 Å². The van der Waals surface area contributed by atoms with Gasteiger partial charge in [-0.3, -0.25) is 4.79 Å². The van der Waals surface area contributed by atoms with Crippen LogP contribution in [0.5, 0.6) is 5.75 Å². The molecule has 0 aliphatic carbocycles. The Morgan fingerprint density at radius 3 is 2.53 bits per heavy atom. The van der Waals surface area contributed by atoms with Crippen LogP contribution in [0, 0.1) is 12.7 Å². The first-order valence-corrected chi connectivity index (χ1v) is 5.16. The molecule has 2 nitrogen and oxygen atoms in total. The lowest BCUT2D eigenvalue weighted by Crippen LogP contribution is -1.87. The van der Waals surface area contributed by atoms with E-state index < -0.39 is 0 Å². The third-order valence-corrected chi connectivity index (χ3v) is 2.59. The summed E-state index contributed by atoms with van der Waals surface area (Å²) in [5.41, 5.74) is 1.98. The van der Waals surface area contributed by atoms with E-state index in [1.807, 2.05) is 0 Å². The van der Waals surface area contributed by atoms with Crippen LogP contribution >= 0.6 is 0 Å². The van der Waals surface area contributed by atoms with Crippen molar-refractivity contribution in [2.45, 2.75) is 6.92 Å². The SMILES string of the molecule is Cc1ccc(-c2ccc(C=O)c(O)c2)c(F)c1. The smallest absolute Gasteiger partial charge is 0.153 e. The topological polar surface area (TPSA) is 37.3 Å². The first-order valence-electron chi connectivity index (χ1n) is 5.16. The Balaban J connectivity index is 2.53. The summed E-state index contributed by atoms with van der Waals surface area (Å²) in [7, 11) is 0. The molecule has 0 fully saturated rings. The number of phenols is 1. The van der Waals surface area contributed by atoms with Gasteiger partial charge < -0.3 is 5.11 Å². The van der Waals surface area contributed by atoms with Crippen molar-refractivity contribution < 1.29 is 14.3 Å². The summed E-state index contributed by atoms with van der Waals surface area (Å²) in [6.07, 6.45) is 0.560. The summed E-state index contributed by atoms with van der Waals surface area (Å²) in [6.45, 7) is 1.81. The molecule has 0 unspecified atom stereocenters. The lowest BCUT2D eigenvalue weighted by molar-refractivity contribution is 0.112. The normalized spacial score (nSPS) is 10.2. The molecule has 3 heteroatoms. The molecule has 0 bridgehead atoms. The quantitative estimate of drug-likeness (QED) is 0.803. The van der Waals surface area contributed by atoms with Gasteiger partial charge in [0.05, 0.1) is 5.56 Å². The zero-order valence-electron chi connectivity index (χ0n) is 9.27. The molecule has 0 saturated carbocycles. The van der Waals surface area contributed by atoms with E-state index in [9.17, 15) is 14.3 Å². The summed E-state index contributed by atoms with van der Waals surface area (Å²) in [5, 5.41) is 9.54. The van der Waals surface area contributed by atoms with Gasteiger partial charge in [0.25, 0.3) is 0 Å². The summed E-state index contributed by atoms with van der Waals surface area (Å²) in [4.78, 5) is 10.6.